The van der Waals surface area contributed by atoms with E-state index in [-0.39, 0.29) is 23.9 Å². The largest absolute Gasteiger partial charge is 0.310 e. The Hall–Kier alpha value is -0.900. The maximum absolute atomic E-state index is 11.6. The number of likely N-dealkylation sites (tertiary alicyclic amines) is 1. The highest BCUT2D eigenvalue weighted by Crippen LogP contribution is 2.24. The minimum Gasteiger partial charge on any atom is -0.310 e. The van der Waals surface area contributed by atoms with E-state index in [2.05, 4.69) is 19.2 Å². The number of hydrogen-bond donors (Lipinski definition) is 1. The molecule has 15 heavy (non-hydrogen) atoms. The van der Waals surface area contributed by atoms with Crippen LogP contribution < -0.4 is 5.32 Å². The van der Waals surface area contributed by atoms with Crippen LogP contribution in [-0.2, 0) is 9.59 Å². The fraction of sp³-hybridized carbons (Fsp3) is 0.818. The molecule has 0 radical (unpaired) electrons. The molecule has 2 aliphatic heterocycles. The summed E-state index contributed by atoms with van der Waals surface area (Å²) in [7, 11) is 0. The summed E-state index contributed by atoms with van der Waals surface area (Å²) >= 11 is 0. The minimum atomic E-state index is 0.00760. The number of imide groups is 1. The molecule has 84 valence electrons. The van der Waals surface area contributed by atoms with Crippen molar-refractivity contribution in [1.82, 2.24) is 10.2 Å². The molecule has 0 bridgehead atoms. The van der Waals surface area contributed by atoms with Crippen LogP contribution >= 0.6 is 0 Å². The van der Waals surface area contributed by atoms with Gasteiger partial charge in [0.1, 0.15) is 0 Å². The Balaban J connectivity index is 2.09. The number of nitrogens with one attached hydrogen (secondary N) is 1. The van der Waals surface area contributed by atoms with Crippen LogP contribution in [0.3, 0.4) is 0 Å². The number of hydrogen-bond acceptors (Lipinski definition) is 3. The van der Waals surface area contributed by atoms with Crippen LogP contribution in [0.15, 0.2) is 0 Å². The van der Waals surface area contributed by atoms with E-state index in [0.29, 0.717) is 18.9 Å². The summed E-state index contributed by atoms with van der Waals surface area (Å²) in [5.41, 5.74) is 0. The van der Waals surface area contributed by atoms with Gasteiger partial charge in [0, 0.05) is 24.9 Å². The summed E-state index contributed by atoms with van der Waals surface area (Å²) in [6.07, 6.45) is 2.77. The van der Waals surface area contributed by atoms with Crippen molar-refractivity contribution in [3.63, 3.8) is 0 Å². The third-order valence-electron chi connectivity index (χ3n) is 3.44. The summed E-state index contributed by atoms with van der Waals surface area (Å²) < 4.78 is 0. The molecular weight excluding hydrogens is 192 g/mol. The molecule has 0 spiro atoms. The molecular formula is C11H18N2O2. The third kappa shape index (κ3) is 1.91. The molecule has 3 atom stereocenters. The standard InChI is InChI=1S/C11H18N2O2/c1-7-3-4-9(8(2)12-7)13-10(14)5-6-11(13)15/h7-9,12H,3-6H2,1-2H3. The first-order valence-corrected chi connectivity index (χ1v) is 5.70. The molecule has 0 aliphatic carbocycles. The van der Waals surface area contributed by atoms with Gasteiger partial charge in [0.05, 0.1) is 6.04 Å². The zero-order valence-electron chi connectivity index (χ0n) is 9.32. The summed E-state index contributed by atoms with van der Waals surface area (Å²) in [4.78, 5) is 24.7. The monoisotopic (exact) mass is 210 g/mol. The molecule has 0 aromatic rings. The summed E-state index contributed by atoms with van der Waals surface area (Å²) in [5.74, 6) is 0.0152. The van der Waals surface area contributed by atoms with Crippen LogP contribution in [0.1, 0.15) is 39.5 Å². The van der Waals surface area contributed by atoms with Gasteiger partial charge < -0.3 is 5.32 Å². The zero-order chi connectivity index (χ0) is 11.0. The fourth-order valence-corrected chi connectivity index (χ4v) is 2.63. The summed E-state index contributed by atoms with van der Waals surface area (Å²) in [6.45, 7) is 4.19. The lowest BCUT2D eigenvalue weighted by Gasteiger charge is -2.38. The van der Waals surface area contributed by atoms with Crippen LogP contribution in [0.4, 0.5) is 0 Å². The van der Waals surface area contributed by atoms with Crippen LogP contribution in [0.5, 0.6) is 0 Å². The van der Waals surface area contributed by atoms with Crippen molar-refractivity contribution in [3.05, 3.63) is 0 Å². The summed E-state index contributed by atoms with van der Waals surface area (Å²) in [6, 6.07) is 0.785. The molecule has 0 aromatic heterocycles. The molecule has 2 heterocycles. The number of rotatable bonds is 1. The van der Waals surface area contributed by atoms with Gasteiger partial charge in [-0.05, 0) is 26.7 Å². The fourth-order valence-electron chi connectivity index (χ4n) is 2.63. The molecule has 2 aliphatic rings. The van der Waals surface area contributed by atoms with Gasteiger partial charge in [-0.2, -0.15) is 0 Å². The van der Waals surface area contributed by atoms with Gasteiger partial charge in [0.15, 0.2) is 0 Å². The first kappa shape index (κ1) is 10.6. The molecule has 2 amide bonds. The minimum absolute atomic E-state index is 0.00760. The molecule has 4 heteroatoms. The number of carbonyl (C=O) groups excluding carboxylic acids is 2. The Kier molecular flexibility index (Phi) is 2.78. The first-order chi connectivity index (χ1) is 7.09. The van der Waals surface area contributed by atoms with Crippen molar-refractivity contribution < 1.29 is 9.59 Å². The van der Waals surface area contributed by atoms with E-state index in [4.69, 9.17) is 0 Å². The Bertz CT molecular complexity index is 274. The van der Waals surface area contributed by atoms with Crippen molar-refractivity contribution in [2.75, 3.05) is 0 Å². The molecule has 1 N–H and O–H groups in total. The van der Waals surface area contributed by atoms with Gasteiger partial charge in [-0.15, -0.1) is 0 Å². The predicted octanol–water partition coefficient (Wildman–Crippen LogP) is 0.664. The molecule has 2 fully saturated rings. The topological polar surface area (TPSA) is 49.4 Å². The maximum Gasteiger partial charge on any atom is 0.229 e. The first-order valence-electron chi connectivity index (χ1n) is 5.70. The second kappa shape index (κ2) is 3.93. The highest BCUT2D eigenvalue weighted by Gasteiger charge is 2.39. The molecule has 4 nitrogen and oxygen atoms in total. The maximum atomic E-state index is 11.6. The van der Waals surface area contributed by atoms with Crippen molar-refractivity contribution >= 4 is 11.8 Å². The van der Waals surface area contributed by atoms with E-state index in [1.807, 2.05) is 0 Å². The van der Waals surface area contributed by atoms with Gasteiger partial charge in [-0.3, -0.25) is 14.5 Å². The molecule has 0 saturated carbocycles. The third-order valence-corrected chi connectivity index (χ3v) is 3.44. The van der Waals surface area contributed by atoms with Crippen LogP contribution in [-0.4, -0.2) is 34.8 Å². The highest BCUT2D eigenvalue weighted by atomic mass is 16.2. The normalized spacial score (nSPS) is 37.5. The van der Waals surface area contributed by atoms with E-state index in [0.717, 1.165) is 12.8 Å². The van der Waals surface area contributed by atoms with E-state index >= 15 is 0 Å². The van der Waals surface area contributed by atoms with Crippen LogP contribution in [0.25, 0.3) is 0 Å². The van der Waals surface area contributed by atoms with Crippen molar-refractivity contribution in [1.29, 1.82) is 0 Å². The molecule has 0 aromatic carbocycles. The average molecular weight is 210 g/mol. The smallest absolute Gasteiger partial charge is 0.229 e. The number of carbonyl (C=O) groups is 2. The lowest BCUT2D eigenvalue weighted by atomic mass is 9.94. The van der Waals surface area contributed by atoms with Gasteiger partial charge in [-0.25, -0.2) is 0 Å². The molecule has 2 saturated heterocycles. The number of nitrogens with zero attached hydrogens (tertiary/aromatic N) is 1. The van der Waals surface area contributed by atoms with Crippen molar-refractivity contribution in [2.24, 2.45) is 0 Å². The Morgan fingerprint density at radius 3 is 2.27 bits per heavy atom. The van der Waals surface area contributed by atoms with E-state index in [1.165, 1.54) is 4.90 Å². The van der Waals surface area contributed by atoms with Gasteiger partial charge in [0.2, 0.25) is 11.8 Å². The Labute approximate surface area is 90.0 Å². The average Bonchev–Trinajstić information content (AvgIpc) is 2.48. The summed E-state index contributed by atoms with van der Waals surface area (Å²) in [5, 5.41) is 3.40. The lowest BCUT2D eigenvalue weighted by Crippen LogP contribution is -2.56. The molecule has 3 unspecified atom stereocenters. The SMILES string of the molecule is CC1CCC(N2C(=O)CCC2=O)C(C)N1. The van der Waals surface area contributed by atoms with Crippen LogP contribution in [0.2, 0.25) is 0 Å². The number of piperidine rings is 1. The van der Waals surface area contributed by atoms with E-state index < -0.39 is 0 Å². The van der Waals surface area contributed by atoms with E-state index in [9.17, 15) is 9.59 Å². The van der Waals surface area contributed by atoms with Gasteiger partial charge >= 0.3 is 0 Å². The zero-order valence-corrected chi connectivity index (χ0v) is 9.32. The predicted molar refractivity (Wildman–Crippen MR) is 56.2 cm³/mol. The molecule has 2 rings (SSSR count). The quantitative estimate of drug-likeness (QED) is 0.647. The van der Waals surface area contributed by atoms with Gasteiger partial charge in [-0.1, -0.05) is 0 Å². The van der Waals surface area contributed by atoms with E-state index in [1.54, 1.807) is 0 Å². The van der Waals surface area contributed by atoms with Crippen molar-refractivity contribution in [2.45, 2.75) is 57.7 Å². The van der Waals surface area contributed by atoms with Crippen LogP contribution in [0, 0.1) is 0 Å². The van der Waals surface area contributed by atoms with Crippen molar-refractivity contribution in [3.8, 4) is 0 Å². The Morgan fingerprint density at radius 1 is 1.13 bits per heavy atom. The Morgan fingerprint density at radius 2 is 1.73 bits per heavy atom. The number of amides is 2. The second-order valence-electron chi connectivity index (χ2n) is 4.66. The highest BCUT2D eigenvalue weighted by molar-refractivity contribution is 6.02. The second-order valence-corrected chi connectivity index (χ2v) is 4.66. The lowest BCUT2D eigenvalue weighted by molar-refractivity contribution is -0.142. The van der Waals surface area contributed by atoms with Gasteiger partial charge in [0.25, 0.3) is 0 Å².